The van der Waals surface area contributed by atoms with Gasteiger partial charge in [0, 0.05) is 0 Å². The van der Waals surface area contributed by atoms with Crippen molar-refractivity contribution in [2.45, 2.75) is 90.9 Å². The molecule has 0 radical (unpaired) electrons. The first-order chi connectivity index (χ1) is 11.7. The molecule has 0 nitrogen and oxygen atoms in total. The van der Waals surface area contributed by atoms with E-state index < -0.39 is 0 Å². The minimum Gasteiger partial charge on any atom is -0.0851 e. The van der Waals surface area contributed by atoms with E-state index in [9.17, 15) is 0 Å². The molecule has 136 valence electrons. The molecule has 0 bridgehead atoms. The molecular weight excluding hydrogens is 288 g/mol. The van der Waals surface area contributed by atoms with Crippen molar-refractivity contribution in [1.29, 1.82) is 0 Å². The summed E-state index contributed by atoms with van der Waals surface area (Å²) < 4.78 is 0. The maximum atomic E-state index is 2.61. The van der Waals surface area contributed by atoms with Crippen LogP contribution in [0, 0.1) is 35.5 Å². The fourth-order valence-corrected chi connectivity index (χ4v) is 5.39. The third-order valence-corrected chi connectivity index (χ3v) is 7.43. The summed E-state index contributed by atoms with van der Waals surface area (Å²) in [5.74, 6) is 5.35. The van der Waals surface area contributed by atoms with Crippen molar-refractivity contribution < 1.29 is 0 Å². The summed E-state index contributed by atoms with van der Waals surface area (Å²) in [5.41, 5.74) is 0. The first-order valence-electron chi connectivity index (χ1n) is 11.1. The van der Waals surface area contributed by atoms with E-state index in [0.717, 1.165) is 35.5 Å². The quantitative estimate of drug-likeness (QED) is 0.467. The van der Waals surface area contributed by atoms with Crippen molar-refractivity contribution in [3.05, 3.63) is 24.3 Å². The van der Waals surface area contributed by atoms with Crippen molar-refractivity contribution in [3.63, 3.8) is 0 Å². The van der Waals surface area contributed by atoms with Gasteiger partial charge in [-0.05, 0) is 74.0 Å². The van der Waals surface area contributed by atoms with E-state index in [1.807, 2.05) is 0 Å². The van der Waals surface area contributed by atoms with Crippen LogP contribution in [0.3, 0.4) is 0 Å². The molecule has 4 atom stereocenters. The van der Waals surface area contributed by atoms with Crippen molar-refractivity contribution in [3.8, 4) is 0 Å². The lowest BCUT2D eigenvalue weighted by Gasteiger charge is -2.29. The largest absolute Gasteiger partial charge is 0.0851 e. The van der Waals surface area contributed by atoms with Gasteiger partial charge >= 0.3 is 0 Å². The Labute approximate surface area is 151 Å². The van der Waals surface area contributed by atoms with Gasteiger partial charge in [-0.15, -0.1) is 0 Å². The second kappa shape index (κ2) is 9.25. The fourth-order valence-electron chi connectivity index (χ4n) is 5.39. The highest BCUT2D eigenvalue weighted by Crippen LogP contribution is 2.35. The maximum Gasteiger partial charge on any atom is -0.0208 e. The summed E-state index contributed by atoms with van der Waals surface area (Å²) in [4.78, 5) is 0. The minimum absolute atomic E-state index is 0.873. The molecule has 0 aromatic heterocycles. The first-order valence-corrected chi connectivity index (χ1v) is 11.1. The van der Waals surface area contributed by atoms with Gasteiger partial charge in [0.25, 0.3) is 0 Å². The van der Waals surface area contributed by atoms with Crippen LogP contribution in [0.5, 0.6) is 0 Å². The Morgan fingerprint density at radius 3 is 1.21 bits per heavy atom. The molecular formula is C24H40. The van der Waals surface area contributed by atoms with E-state index in [1.54, 1.807) is 0 Å². The van der Waals surface area contributed by atoms with E-state index in [2.05, 4.69) is 38.2 Å². The molecule has 0 saturated heterocycles. The maximum absolute atomic E-state index is 2.61. The normalized spacial score (nSPS) is 41.9. The molecule has 3 aliphatic carbocycles. The second-order valence-corrected chi connectivity index (χ2v) is 9.30. The van der Waals surface area contributed by atoms with E-state index in [4.69, 9.17) is 0 Å². The Kier molecular flexibility index (Phi) is 7.05. The van der Waals surface area contributed by atoms with Gasteiger partial charge in [-0.25, -0.2) is 0 Å². The monoisotopic (exact) mass is 328 g/mol. The van der Waals surface area contributed by atoms with Crippen molar-refractivity contribution >= 4 is 0 Å². The van der Waals surface area contributed by atoms with Crippen LogP contribution in [0.25, 0.3) is 0 Å². The molecule has 0 aromatic carbocycles. The molecule has 3 aliphatic rings. The van der Waals surface area contributed by atoms with E-state index >= 15 is 0 Å². The Bertz CT molecular complexity index is 370. The highest BCUT2D eigenvalue weighted by molar-refractivity contribution is 5.01. The lowest BCUT2D eigenvalue weighted by atomic mass is 9.77. The molecule has 0 aliphatic heterocycles. The SMILES string of the molecule is CC1CCCCC1/C=C/C1CCC(/C=C/C2CCCCC2C)CC1. The van der Waals surface area contributed by atoms with Gasteiger partial charge in [0.15, 0.2) is 0 Å². The zero-order valence-electron chi connectivity index (χ0n) is 16.3. The smallest absolute Gasteiger partial charge is 0.0208 e. The molecule has 0 aromatic rings. The Morgan fingerprint density at radius 2 is 0.833 bits per heavy atom. The van der Waals surface area contributed by atoms with Crippen molar-refractivity contribution in [2.75, 3.05) is 0 Å². The molecule has 0 amide bonds. The molecule has 24 heavy (non-hydrogen) atoms. The molecule has 0 heterocycles. The van der Waals surface area contributed by atoms with Gasteiger partial charge in [-0.1, -0.05) is 76.7 Å². The van der Waals surface area contributed by atoms with Crippen LogP contribution < -0.4 is 0 Å². The van der Waals surface area contributed by atoms with Crippen molar-refractivity contribution in [1.82, 2.24) is 0 Å². The third kappa shape index (κ3) is 5.24. The molecule has 0 heteroatoms. The van der Waals surface area contributed by atoms with Gasteiger partial charge in [0.2, 0.25) is 0 Å². The molecule has 0 spiro atoms. The van der Waals surface area contributed by atoms with E-state index in [-0.39, 0.29) is 0 Å². The Hall–Kier alpha value is -0.520. The summed E-state index contributed by atoms with van der Waals surface area (Å²) in [6, 6.07) is 0. The molecule has 3 rings (SSSR count). The number of rotatable bonds is 4. The van der Waals surface area contributed by atoms with Crippen LogP contribution in [0.4, 0.5) is 0 Å². The third-order valence-electron chi connectivity index (χ3n) is 7.43. The van der Waals surface area contributed by atoms with Crippen LogP contribution in [-0.2, 0) is 0 Å². The summed E-state index contributed by atoms with van der Waals surface area (Å²) in [6.45, 7) is 4.92. The molecule has 3 saturated carbocycles. The summed E-state index contributed by atoms with van der Waals surface area (Å²) in [7, 11) is 0. The van der Waals surface area contributed by atoms with Crippen LogP contribution in [0.2, 0.25) is 0 Å². The predicted octanol–water partition coefficient (Wildman–Crippen LogP) is 7.56. The van der Waals surface area contributed by atoms with E-state index in [1.165, 1.54) is 77.0 Å². The summed E-state index contributed by atoms with van der Waals surface area (Å²) >= 11 is 0. The standard InChI is InChI=1S/C24H40/c1-19-7-3-5-9-23(19)17-15-21-11-13-22(14-12-21)16-18-24-10-6-4-8-20(24)2/h15-24H,3-14H2,1-2H3/b17-15+,18-16+. The zero-order chi connectivity index (χ0) is 16.8. The Balaban J connectivity index is 1.40. The second-order valence-electron chi connectivity index (χ2n) is 9.30. The fraction of sp³-hybridized carbons (Fsp3) is 0.833. The molecule has 4 unspecified atom stereocenters. The summed E-state index contributed by atoms with van der Waals surface area (Å²) in [5, 5.41) is 0. The van der Waals surface area contributed by atoms with Gasteiger partial charge < -0.3 is 0 Å². The Morgan fingerprint density at radius 1 is 0.458 bits per heavy atom. The minimum atomic E-state index is 0.873. The van der Waals surface area contributed by atoms with Gasteiger partial charge in [0.05, 0.1) is 0 Å². The highest BCUT2D eigenvalue weighted by atomic mass is 14.3. The number of hydrogen-bond donors (Lipinski definition) is 0. The lowest BCUT2D eigenvalue weighted by molar-refractivity contribution is 0.299. The number of allylic oxidation sites excluding steroid dienone is 4. The number of hydrogen-bond acceptors (Lipinski definition) is 0. The summed E-state index contributed by atoms with van der Waals surface area (Å²) in [6.07, 6.45) is 27.7. The van der Waals surface area contributed by atoms with Gasteiger partial charge in [0.1, 0.15) is 0 Å². The lowest BCUT2D eigenvalue weighted by Crippen LogP contribution is -2.17. The predicted molar refractivity (Wildman–Crippen MR) is 106 cm³/mol. The van der Waals surface area contributed by atoms with Crippen LogP contribution >= 0.6 is 0 Å². The molecule has 3 fully saturated rings. The average molecular weight is 329 g/mol. The topological polar surface area (TPSA) is 0 Å². The van der Waals surface area contributed by atoms with Gasteiger partial charge in [-0.3, -0.25) is 0 Å². The van der Waals surface area contributed by atoms with Crippen LogP contribution in [0.1, 0.15) is 90.9 Å². The zero-order valence-corrected chi connectivity index (χ0v) is 16.3. The molecule has 0 N–H and O–H groups in total. The average Bonchev–Trinajstić information content (AvgIpc) is 2.61. The van der Waals surface area contributed by atoms with Crippen molar-refractivity contribution in [2.24, 2.45) is 35.5 Å². The van der Waals surface area contributed by atoms with E-state index in [0.29, 0.717) is 0 Å². The highest BCUT2D eigenvalue weighted by Gasteiger charge is 2.22. The van der Waals surface area contributed by atoms with Crippen LogP contribution in [0.15, 0.2) is 24.3 Å². The van der Waals surface area contributed by atoms with Crippen LogP contribution in [-0.4, -0.2) is 0 Å². The van der Waals surface area contributed by atoms with Gasteiger partial charge in [-0.2, -0.15) is 0 Å². The first kappa shape index (κ1) is 18.3.